The van der Waals surface area contributed by atoms with Crippen molar-refractivity contribution in [2.45, 2.75) is 12.7 Å². The Kier molecular flexibility index (Phi) is 2.87. The van der Waals surface area contributed by atoms with Crippen molar-refractivity contribution in [1.82, 2.24) is 10.3 Å². The van der Waals surface area contributed by atoms with Crippen molar-refractivity contribution in [2.75, 3.05) is 6.54 Å². The molecule has 5 heteroatoms. The molecular weight excluding hydrogens is 217 g/mol. The molecule has 86 valence electrons. The Morgan fingerprint density at radius 1 is 1.19 bits per heavy atom. The summed E-state index contributed by atoms with van der Waals surface area (Å²) in [7, 11) is 0. The monoisotopic (exact) mass is 228 g/mol. The van der Waals surface area contributed by atoms with Gasteiger partial charge in [-0.05, 0) is 11.6 Å². The van der Waals surface area contributed by atoms with Crippen molar-refractivity contribution in [2.24, 2.45) is 0 Å². The molecule has 0 spiro atoms. The van der Waals surface area contributed by atoms with Gasteiger partial charge >= 0.3 is 6.18 Å². The van der Waals surface area contributed by atoms with E-state index in [0.29, 0.717) is 0 Å². The Balaban J connectivity index is 2.05. The number of hydrogen-bond donors (Lipinski definition) is 2. The van der Waals surface area contributed by atoms with Gasteiger partial charge in [0, 0.05) is 23.6 Å². The molecule has 2 rings (SSSR count). The van der Waals surface area contributed by atoms with E-state index in [4.69, 9.17) is 0 Å². The van der Waals surface area contributed by atoms with E-state index in [1.807, 2.05) is 24.3 Å². The van der Waals surface area contributed by atoms with Crippen LogP contribution in [-0.4, -0.2) is 17.7 Å². The van der Waals surface area contributed by atoms with Crippen molar-refractivity contribution >= 4 is 10.9 Å². The number of aromatic amines is 1. The number of aromatic nitrogens is 1. The molecular formula is C11H11F3N2. The van der Waals surface area contributed by atoms with Gasteiger partial charge in [0.25, 0.3) is 0 Å². The Bertz CT molecular complexity index is 473. The van der Waals surface area contributed by atoms with E-state index in [-0.39, 0.29) is 6.54 Å². The SMILES string of the molecule is FC(F)(F)CNCc1c[nH]c2ccccc12. The van der Waals surface area contributed by atoms with E-state index >= 15 is 0 Å². The van der Waals surface area contributed by atoms with E-state index in [9.17, 15) is 13.2 Å². The molecule has 0 bridgehead atoms. The second-order valence-electron chi connectivity index (χ2n) is 3.58. The van der Waals surface area contributed by atoms with Crippen LogP contribution in [0.25, 0.3) is 10.9 Å². The predicted molar refractivity (Wildman–Crippen MR) is 56.1 cm³/mol. The Morgan fingerprint density at radius 3 is 2.69 bits per heavy atom. The third kappa shape index (κ3) is 2.55. The van der Waals surface area contributed by atoms with Crippen LogP contribution in [0.4, 0.5) is 13.2 Å². The van der Waals surface area contributed by atoms with Crippen LogP contribution in [0.5, 0.6) is 0 Å². The van der Waals surface area contributed by atoms with Gasteiger partial charge in [-0.25, -0.2) is 0 Å². The predicted octanol–water partition coefficient (Wildman–Crippen LogP) is 2.82. The van der Waals surface area contributed by atoms with Crippen molar-refractivity contribution in [1.29, 1.82) is 0 Å². The zero-order valence-corrected chi connectivity index (χ0v) is 8.43. The second-order valence-corrected chi connectivity index (χ2v) is 3.58. The molecule has 16 heavy (non-hydrogen) atoms. The van der Waals surface area contributed by atoms with Gasteiger partial charge in [-0.2, -0.15) is 13.2 Å². The minimum atomic E-state index is -4.16. The zero-order chi connectivity index (χ0) is 11.6. The van der Waals surface area contributed by atoms with E-state index < -0.39 is 12.7 Å². The highest BCUT2D eigenvalue weighted by molar-refractivity contribution is 5.82. The summed E-state index contributed by atoms with van der Waals surface area (Å²) >= 11 is 0. The van der Waals surface area contributed by atoms with E-state index in [1.165, 1.54) is 0 Å². The van der Waals surface area contributed by atoms with E-state index in [0.717, 1.165) is 16.5 Å². The molecule has 0 saturated carbocycles. The molecule has 0 atom stereocenters. The molecule has 2 N–H and O–H groups in total. The molecule has 1 heterocycles. The molecule has 0 aliphatic rings. The first-order valence-corrected chi connectivity index (χ1v) is 4.89. The molecule has 0 fully saturated rings. The number of halogens is 3. The van der Waals surface area contributed by atoms with Crippen LogP contribution in [0, 0.1) is 0 Å². The summed E-state index contributed by atoms with van der Waals surface area (Å²) in [4.78, 5) is 3.01. The van der Waals surface area contributed by atoms with Crippen LogP contribution in [0.1, 0.15) is 5.56 Å². The van der Waals surface area contributed by atoms with Crippen LogP contribution in [0.15, 0.2) is 30.5 Å². The van der Waals surface area contributed by atoms with Crippen LogP contribution >= 0.6 is 0 Å². The zero-order valence-electron chi connectivity index (χ0n) is 8.43. The van der Waals surface area contributed by atoms with E-state index in [1.54, 1.807) is 6.20 Å². The smallest absolute Gasteiger partial charge is 0.361 e. The molecule has 1 aromatic carbocycles. The lowest BCUT2D eigenvalue weighted by Crippen LogP contribution is -2.28. The molecule has 0 aliphatic heterocycles. The standard InChI is InChI=1S/C11H11F3N2/c12-11(13,14)7-15-5-8-6-16-10-4-2-1-3-9(8)10/h1-4,6,15-16H,5,7H2. The van der Waals surface area contributed by atoms with Gasteiger partial charge in [-0.15, -0.1) is 0 Å². The fraction of sp³-hybridized carbons (Fsp3) is 0.273. The Morgan fingerprint density at radius 2 is 1.94 bits per heavy atom. The van der Waals surface area contributed by atoms with Crippen molar-refractivity contribution in [3.63, 3.8) is 0 Å². The minimum absolute atomic E-state index is 0.212. The molecule has 2 aromatic rings. The summed E-state index contributed by atoms with van der Waals surface area (Å²) in [6.07, 6.45) is -2.43. The van der Waals surface area contributed by atoms with Crippen molar-refractivity contribution in [3.05, 3.63) is 36.0 Å². The highest BCUT2D eigenvalue weighted by Crippen LogP contribution is 2.18. The van der Waals surface area contributed by atoms with Gasteiger partial charge < -0.3 is 10.3 Å². The number of rotatable bonds is 3. The number of benzene rings is 1. The molecule has 0 saturated heterocycles. The molecule has 1 aromatic heterocycles. The van der Waals surface area contributed by atoms with Gasteiger partial charge in [0.15, 0.2) is 0 Å². The topological polar surface area (TPSA) is 27.8 Å². The summed E-state index contributed by atoms with van der Waals surface area (Å²) in [5.41, 5.74) is 1.78. The third-order valence-corrected chi connectivity index (χ3v) is 2.32. The summed E-state index contributed by atoms with van der Waals surface area (Å²) in [5, 5.41) is 3.33. The Labute approximate surface area is 90.5 Å². The maximum absolute atomic E-state index is 11.9. The van der Waals surface area contributed by atoms with Crippen molar-refractivity contribution in [3.8, 4) is 0 Å². The number of nitrogens with one attached hydrogen (secondary N) is 2. The summed E-state index contributed by atoms with van der Waals surface area (Å²) in [5.74, 6) is 0. The van der Waals surface area contributed by atoms with Crippen LogP contribution in [0.2, 0.25) is 0 Å². The van der Waals surface area contributed by atoms with Gasteiger partial charge in [0.1, 0.15) is 0 Å². The van der Waals surface area contributed by atoms with E-state index in [2.05, 4.69) is 10.3 Å². The summed E-state index contributed by atoms with van der Waals surface area (Å²) in [6.45, 7) is -0.754. The van der Waals surface area contributed by atoms with Crippen molar-refractivity contribution < 1.29 is 13.2 Å². The number of fused-ring (bicyclic) bond motifs is 1. The lowest BCUT2D eigenvalue weighted by atomic mass is 10.2. The molecule has 2 nitrogen and oxygen atoms in total. The fourth-order valence-corrected chi connectivity index (χ4v) is 1.62. The average Bonchev–Trinajstić information content (AvgIpc) is 2.60. The van der Waals surface area contributed by atoms with Crippen LogP contribution in [-0.2, 0) is 6.54 Å². The lowest BCUT2D eigenvalue weighted by molar-refractivity contribution is -0.125. The second kappa shape index (κ2) is 4.17. The fourth-order valence-electron chi connectivity index (χ4n) is 1.62. The molecule has 0 aliphatic carbocycles. The van der Waals surface area contributed by atoms with Crippen LogP contribution < -0.4 is 5.32 Å². The number of H-pyrrole nitrogens is 1. The number of hydrogen-bond acceptors (Lipinski definition) is 1. The first-order chi connectivity index (χ1) is 7.56. The minimum Gasteiger partial charge on any atom is -0.361 e. The van der Waals surface area contributed by atoms with Crippen LogP contribution in [0.3, 0.4) is 0 Å². The van der Waals surface area contributed by atoms with Gasteiger partial charge in [0.05, 0.1) is 6.54 Å². The largest absolute Gasteiger partial charge is 0.401 e. The highest BCUT2D eigenvalue weighted by atomic mass is 19.4. The summed E-state index contributed by atoms with van der Waals surface area (Å²) < 4.78 is 35.8. The average molecular weight is 228 g/mol. The maximum atomic E-state index is 11.9. The molecule has 0 radical (unpaired) electrons. The quantitative estimate of drug-likeness (QED) is 0.830. The van der Waals surface area contributed by atoms with Gasteiger partial charge in [0.2, 0.25) is 0 Å². The lowest BCUT2D eigenvalue weighted by Gasteiger charge is -2.07. The normalized spacial score (nSPS) is 12.2. The number of alkyl halides is 3. The first-order valence-electron chi connectivity index (χ1n) is 4.89. The highest BCUT2D eigenvalue weighted by Gasteiger charge is 2.26. The first kappa shape index (κ1) is 11.0. The number of para-hydroxylation sites is 1. The van der Waals surface area contributed by atoms with Gasteiger partial charge in [-0.1, -0.05) is 18.2 Å². The molecule has 0 unspecified atom stereocenters. The van der Waals surface area contributed by atoms with Gasteiger partial charge in [-0.3, -0.25) is 0 Å². The molecule has 0 amide bonds. The third-order valence-electron chi connectivity index (χ3n) is 2.32. The summed E-state index contributed by atoms with van der Waals surface area (Å²) in [6, 6.07) is 7.52. The maximum Gasteiger partial charge on any atom is 0.401 e. The Hall–Kier alpha value is -1.49.